The van der Waals surface area contributed by atoms with Gasteiger partial charge in [-0.2, -0.15) is 5.10 Å². The molecule has 1 N–H and O–H groups in total. The second kappa shape index (κ2) is 6.05. The number of nitrogens with zero attached hydrogens (tertiary/aromatic N) is 2. The minimum absolute atomic E-state index is 0.209. The van der Waals surface area contributed by atoms with E-state index < -0.39 is 0 Å². The van der Waals surface area contributed by atoms with E-state index in [1.165, 1.54) is 13.2 Å². The number of benzene rings is 1. The molecule has 2 rings (SSSR count). The van der Waals surface area contributed by atoms with Crippen molar-refractivity contribution in [2.24, 2.45) is 7.05 Å². The van der Waals surface area contributed by atoms with Crippen LogP contribution in [0.5, 0.6) is 5.75 Å². The standard InChI is InChI=1S/C15H20FN3O/c1-5-17-15(13-9-18-19(3)10(13)2)12-7-6-11(20-4)8-14(12)16/h6-9,15,17H,5H2,1-4H3. The van der Waals surface area contributed by atoms with Crippen LogP contribution in [0.1, 0.15) is 29.8 Å². The number of rotatable bonds is 5. The Labute approximate surface area is 118 Å². The molecule has 4 nitrogen and oxygen atoms in total. The number of methoxy groups -OCH3 is 1. The van der Waals surface area contributed by atoms with Crippen LogP contribution in [0.2, 0.25) is 0 Å². The number of nitrogens with one attached hydrogen (secondary N) is 1. The number of ether oxygens (including phenoxy) is 1. The van der Waals surface area contributed by atoms with Gasteiger partial charge < -0.3 is 10.1 Å². The fourth-order valence-corrected chi connectivity index (χ4v) is 2.26. The van der Waals surface area contributed by atoms with Crippen molar-refractivity contribution in [3.63, 3.8) is 0 Å². The van der Waals surface area contributed by atoms with Gasteiger partial charge in [0, 0.05) is 29.9 Å². The molecular weight excluding hydrogens is 257 g/mol. The minimum Gasteiger partial charge on any atom is -0.497 e. The van der Waals surface area contributed by atoms with E-state index in [-0.39, 0.29) is 11.9 Å². The Hall–Kier alpha value is -1.88. The van der Waals surface area contributed by atoms with Crippen LogP contribution < -0.4 is 10.1 Å². The fourth-order valence-electron chi connectivity index (χ4n) is 2.26. The first-order valence-corrected chi connectivity index (χ1v) is 6.63. The SMILES string of the molecule is CCNC(c1ccc(OC)cc1F)c1cnn(C)c1C. The van der Waals surface area contributed by atoms with E-state index in [0.717, 1.165) is 17.8 Å². The van der Waals surface area contributed by atoms with Gasteiger partial charge in [-0.25, -0.2) is 4.39 Å². The van der Waals surface area contributed by atoms with Gasteiger partial charge in [0.1, 0.15) is 11.6 Å². The molecule has 0 radical (unpaired) electrons. The maximum atomic E-state index is 14.3. The summed E-state index contributed by atoms with van der Waals surface area (Å²) in [7, 11) is 3.41. The molecule has 0 fully saturated rings. The molecule has 0 amide bonds. The average molecular weight is 277 g/mol. The Kier molecular flexibility index (Phi) is 4.39. The zero-order valence-electron chi connectivity index (χ0n) is 12.3. The topological polar surface area (TPSA) is 39.1 Å². The van der Waals surface area contributed by atoms with Crippen molar-refractivity contribution in [2.45, 2.75) is 19.9 Å². The fraction of sp³-hybridized carbons (Fsp3) is 0.400. The summed E-state index contributed by atoms with van der Waals surface area (Å²) in [5.41, 5.74) is 2.60. The molecule has 5 heteroatoms. The van der Waals surface area contributed by atoms with E-state index in [9.17, 15) is 4.39 Å². The van der Waals surface area contributed by atoms with Crippen LogP contribution >= 0.6 is 0 Å². The Bertz CT molecular complexity index is 595. The maximum absolute atomic E-state index is 14.3. The van der Waals surface area contributed by atoms with Crippen molar-refractivity contribution in [1.82, 2.24) is 15.1 Å². The predicted molar refractivity (Wildman–Crippen MR) is 76.4 cm³/mol. The molecule has 0 aliphatic carbocycles. The molecule has 0 spiro atoms. The largest absolute Gasteiger partial charge is 0.497 e. The average Bonchev–Trinajstić information content (AvgIpc) is 2.77. The van der Waals surface area contributed by atoms with E-state index in [2.05, 4.69) is 10.4 Å². The zero-order valence-corrected chi connectivity index (χ0v) is 12.3. The summed E-state index contributed by atoms with van der Waals surface area (Å²) in [6, 6.07) is 4.73. The lowest BCUT2D eigenvalue weighted by molar-refractivity contribution is 0.410. The van der Waals surface area contributed by atoms with Crippen molar-refractivity contribution in [1.29, 1.82) is 0 Å². The van der Waals surface area contributed by atoms with Crippen molar-refractivity contribution in [3.8, 4) is 5.75 Å². The molecule has 1 aromatic carbocycles. The second-order valence-corrected chi connectivity index (χ2v) is 4.69. The van der Waals surface area contributed by atoms with Crippen LogP contribution in [0.15, 0.2) is 24.4 Å². The van der Waals surface area contributed by atoms with E-state index in [4.69, 9.17) is 4.74 Å². The summed E-state index contributed by atoms with van der Waals surface area (Å²) >= 11 is 0. The first kappa shape index (κ1) is 14.5. The van der Waals surface area contributed by atoms with Gasteiger partial charge in [-0.15, -0.1) is 0 Å². The van der Waals surface area contributed by atoms with Gasteiger partial charge in [0.25, 0.3) is 0 Å². The van der Waals surface area contributed by atoms with E-state index in [0.29, 0.717) is 11.3 Å². The molecule has 0 bridgehead atoms. The molecule has 2 aromatic rings. The van der Waals surface area contributed by atoms with Gasteiger partial charge in [-0.3, -0.25) is 4.68 Å². The molecule has 0 saturated carbocycles. The van der Waals surface area contributed by atoms with Gasteiger partial charge >= 0.3 is 0 Å². The highest BCUT2D eigenvalue weighted by Gasteiger charge is 2.21. The Morgan fingerprint density at radius 2 is 2.15 bits per heavy atom. The summed E-state index contributed by atoms with van der Waals surface area (Å²) in [6.45, 7) is 4.72. The molecule has 1 heterocycles. The molecule has 1 unspecified atom stereocenters. The lowest BCUT2D eigenvalue weighted by Crippen LogP contribution is -2.23. The smallest absolute Gasteiger partial charge is 0.132 e. The zero-order chi connectivity index (χ0) is 14.7. The summed E-state index contributed by atoms with van der Waals surface area (Å²) in [4.78, 5) is 0. The number of hydrogen-bond donors (Lipinski definition) is 1. The van der Waals surface area contributed by atoms with Crippen molar-refractivity contribution in [3.05, 3.63) is 47.0 Å². The highest BCUT2D eigenvalue weighted by molar-refractivity contribution is 5.37. The maximum Gasteiger partial charge on any atom is 0.132 e. The molecule has 108 valence electrons. The van der Waals surface area contributed by atoms with Crippen LogP contribution in [-0.2, 0) is 7.05 Å². The monoisotopic (exact) mass is 277 g/mol. The van der Waals surface area contributed by atoms with Crippen molar-refractivity contribution in [2.75, 3.05) is 13.7 Å². The third-order valence-electron chi connectivity index (χ3n) is 3.51. The molecule has 20 heavy (non-hydrogen) atoms. The summed E-state index contributed by atoms with van der Waals surface area (Å²) in [6.07, 6.45) is 1.78. The second-order valence-electron chi connectivity index (χ2n) is 4.69. The highest BCUT2D eigenvalue weighted by Crippen LogP contribution is 2.28. The Morgan fingerprint density at radius 3 is 2.65 bits per heavy atom. The van der Waals surface area contributed by atoms with Crippen LogP contribution in [0, 0.1) is 12.7 Å². The van der Waals surface area contributed by atoms with Crippen LogP contribution in [-0.4, -0.2) is 23.4 Å². The van der Waals surface area contributed by atoms with E-state index in [1.54, 1.807) is 23.0 Å². The number of halogens is 1. The minimum atomic E-state index is -0.279. The predicted octanol–water partition coefficient (Wildman–Crippen LogP) is 2.58. The van der Waals surface area contributed by atoms with E-state index in [1.807, 2.05) is 20.9 Å². The highest BCUT2D eigenvalue weighted by atomic mass is 19.1. The van der Waals surface area contributed by atoms with Gasteiger partial charge in [0.15, 0.2) is 0 Å². The first-order chi connectivity index (χ1) is 9.58. The molecular formula is C15H20FN3O. The summed E-state index contributed by atoms with van der Waals surface area (Å²) < 4.78 is 21.1. The molecule has 0 aliphatic heterocycles. The Morgan fingerprint density at radius 1 is 1.40 bits per heavy atom. The third kappa shape index (κ3) is 2.67. The molecule has 1 aromatic heterocycles. The lowest BCUT2D eigenvalue weighted by Gasteiger charge is -2.19. The van der Waals surface area contributed by atoms with Crippen molar-refractivity contribution >= 4 is 0 Å². The number of hydrogen-bond acceptors (Lipinski definition) is 3. The Balaban J connectivity index is 2.46. The quantitative estimate of drug-likeness (QED) is 0.913. The molecule has 0 saturated heterocycles. The first-order valence-electron chi connectivity index (χ1n) is 6.63. The van der Waals surface area contributed by atoms with E-state index >= 15 is 0 Å². The summed E-state index contributed by atoms with van der Waals surface area (Å²) in [5.74, 6) is 0.239. The van der Waals surface area contributed by atoms with Crippen LogP contribution in [0.4, 0.5) is 4.39 Å². The van der Waals surface area contributed by atoms with Gasteiger partial charge in [0.05, 0.1) is 19.3 Å². The molecule has 1 atom stereocenters. The lowest BCUT2D eigenvalue weighted by atomic mass is 9.98. The van der Waals surface area contributed by atoms with Gasteiger partial charge in [-0.1, -0.05) is 13.0 Å². The van der Waals surface area contributed by atoms with Gasteiger partial charge in [0.2, 0.25) is 0 Å². The number of aromatic nitrogens is 2. The number of aryl methyl sites for hydroxylation is 1. The van der Waals surface area contributed by atoms with Crippen molar-refractivity contribution < 1.29 is 9.13 Å². The molecule has 0 aliphatic rings. The third-order valence-corrected chi connectivity index (χ3v) is 3.51. The van der Waals surface area contributed by atoms with Crippen LogP contribution in [0.25, 0.3) is 0 Å². The summed E-state index contributed by atoms with van der Waals surface area (Å²) in [5, 5.41) is 7.55. The van der Waals surface area contributed by atoms with Crippen LogP contribution in [0.3, 0.4) is 0 Å². The normalized spacial score (nSPS) is 12.4. The van der Waals surface area contributed by atoms with Gasteiger partial charge in [-0.05, 0) is 19.5 Å².